The second kappa shape index (κ2) is 12.8. The van der Waals surface area contributed by atoms with E-state index in [4.69, 9.17) is 9.47 Å². The maximum atomic E-state index is 14.7. The Morgan fingerprint density at radius 1 is 0.833 bits per heavy atom. The summed E-state index contributed by atoms with van der Waals surface area (Å²) in [5.74, 6) is 0.693. The van der Waals surface area contributed by atoms with Crippen molar-refractivity contribution in [2.75, 3.05) is 73.0 Å². The van der Waals surface area contributed by atoms with Crippen molar-refractivity contribution in [2.24, 2.45) is 0 Å². The van der Waals surface area contributed by atoms with E-state index in [0.29, 0.717) is 49.4 Å². The Bertz CT molecular complexity index is 1120. The molecule has 8 nitrogen and oxygen atoms in total. The van der Waals surface area contributed by atoms with Gasteiger partial charge in [-0.1, -0.05) is 13.8 Å². The van der Waals surface area contributed by atoms with Crippen molar-refractivity contribution in [2.45, 2.75) is 13.8 Å². The van der Waals surface area contributed by atoms with Crippen molar-refractivity contribution >= 4 is 50.4 Å². The Hall–Kier alpha value is -2.95. The lowest BCUT2D eigenvalue weighted by Gasteiger charge is -2.29. The zero-order valence-electron chi connectivity index (χ0n) is 20.6. The number of hydrogen-bond donors (Lipinski definition) is 2. The molecular weight excluding hydrogens is 527 g/mol. The lowest BCUT2D eigenvalue weighted by Crippen LogP contribution is -2.36. The fourth-order valence-corrected chi connectivity index (χ4v) is 4.29. The lowest BCUT2D eigenvalue weighted by atomic mass is 10.2. The van der Waals surface area contributed by atoms with Gasteiger partial charge in [-0.05, 0) is 58.4 Å². The predicted molar refractivity (Wildman–Crippen MR) is 147 cm³/mol. The minimum Gasteiger partial charge on any atom is -0.378 e. The molecule has 0 atom stereocenters. The molecule has 2 aliphatic heterocycles. The highest BCUT2D eigenvalue weighted by Gasteiger charge is 2.16. The molecule has 0 aliphatic carbocycles. The number of aromatic nitrogens is 2. The molecule has 0 bridgehead atoms. The molecule has 192 valence electrons. The molecule has 2 aromatic carbocycles. The number of benzene rings is 2. The van der Waals surface area contributed by atoms with Gasteiger partial charge in [0.25, 0.3) is 0 Å². The normalized spacial score (nSPS) is 15.7. The molecule has 10 heteroatoms. The molecule has 0 amide bonds. The van der Waals surface area contributed by atoms with Crippen LogP contribution in [0.25, 0.3) is 0 Å². The Morgan fingerprint density at radius 2 is 1.44 bits per heavy atom. The van der Waals surface area contributed by atoms with Crippen molar-refractivity contribution in [3.63, 3.8) is 0 Å². The molecule has 0 unspecified atom stereocenters. The van der Waals surface area contributed by atoms with Gasteiger partial charge in [0.1, 0.15) is 11.6 Å². The average molecular weight is 559 g/mol. The molecule has 1 aromatic heterocycles. The van der Waals surface area contributed by atoms with Crippen LogP contribution in [0.3, 0.4) is 0 Å². The largest absolute Gasteiger partial charge is 0.378 e. The van der Waals surface area contributed by atoms with Gasteiger partial charge >= 0.3 is 0 Å². The van der Waals surface area contributed by atoms with Crippen LogP contribution in [-0.4, -0.2) is 62.6 Å². The van der Waals surface area contributed by atoms with Crippen LogP contribution in [0, 0.1) is 5.82 Å². The van der Waals surface area contributed by atoms with Gasteiger partial charge in [0.15, 0.2) is 0 Å². The van der Waals surface area contributed by atoms with Crippen LogP contribution in [0.1, 0.15) is 13.8 Å². The van der Waals surface area contributed by atoms with E-state index >= 15 is 0 Å². The summed E-state index contributed by atoms with van der Waals surface area (Å²) in [6.45, 7) is 9.88. The first-order valence-corrected chi connectivity index (χ1v) is 13.1. The highest BCUT2D eigenvalue weighted by Crippen LogP contribution is 2.28. The average Bonchev–Trinajstić information content (AvgIpc) is 2.93. The second-order valence-corrected chi connectivity index (χ2v) is 8.91. The zero-order valence-corrected chi connectivity index (χ0v) is 22.2. The minimum absolute atomic E-state index is 0.289. The van der Waals surface area contributed by atoms with Gasteiger partial charge in [-0.25, -0.2) is 9.37 Å². The van der Waals surface area contributed by atoms with Crippen LogP contribution >= 0.6 is 15.9 Å². The minimum atomic E-state index is -0.289. The molecule has 5 rings (SSSR count). The van der Waals surface area contributed by atoms with Crippen LogP contribution < -0.4 is 20.4 Å². The molecule has 0 spiro atoms. The Kier molecular flexibility index (Phi) is 9.32. The quantitative estimate of drug-likeness (QED) is 0.407. The fraction of sp³-hybridized carbons (Fsp3) is 0.385. The Morgan fingerprint density at radius 3 is 2.08 bits per heavy atom. The summed E-state index contributed by atoms with van der Waals surface area (Å²) in [6, 6.07) is 13.3. The summed E-state index contributed by atoms with van der Waals surface area (Å²) in [4.78, 5) is 13.2. The number of halogens is 2. The molecule has 2 N–H and O–H groups in total. The third-order valence-corrected chi connectivity index (χ3v) is 6.39. The van der Waals surface area contributed by atoms with E-state index in [1.54, 1.807) is 12.3 Å². The van der Waals surface area contributed by atoms with Crippen LogP contribution in [-0.2, 0) is 9.47 Å². The molecular formula is C26H32BrFN6O2. The maximum absolute atomic E-state index is 14.7. The molecule has 2 aliphatic rings. The first-order chi connectivity index (χ1) is 17.7. The van der Waals surface area contributed by atoms with Crippen molar-refractivity contribution in [3.05, 3.63) is 59.0 Å². The van der Waals surface area contributed by atoms with Gasteiger partial charge in [0, 0.05) is 49.4 Å². The van der Waals surface area contributed by atoms with E-state index < -0.39 is 0 Å². The van der Waals surface area contributed by atoms with E-state index in [9.17, 15) is 4.39 Å². The van der Waals surface area contributed by atoms with E-state index in [2.05, 4.69) is 53.6 Å². The van der Waals surface area contributed by atoms with Gasteiger partial charge in [0.05, 0.1) is 36.6 Å². The molecule has 2 saturated heterocycles. The van der Waals surface area contributed by atoms with Gasteiger partial charge in [-0.3, -0.25) is 0 Å². The summed E-state index contributed by atoms with van der Waals surface area (Å²) in [6.07, 6.45) is 1.66. The van der Waals surface area contributed by atoms with Crippen LogP contribution in [0.15, 0.2) is 53.1 Å². The van der Waals surface area contributed by atoms with E-state index in [1.807, 2.05) is 36.9 Å². The van der Waals surface area contributed by atoms with Crippen molar-refractivity contribution in [1.82, 2.24) is 9.97 Å². The lowest BCUT2D eigenvalue weighted by molar-refractivity contribution is 0.122. The highest BCUT2D eigenvalue weighted by molar-refractivity contribution is 9.10. The van der Waals surface area contributed by atoms with Crippen LogP contribution in [0.4, 0.5) is 38.9 Å². The smallest absolute Gasteiger partial charge is 0.229 e. The fourth-order valence-electron chi connectivity index (χ4n) is 4.00. The zero-order chi connectivity index (χ0) is 25.3. The number of nitrogens with one attached hydrogen (secondary N) is 2. The van der Waals surface area contributed by atoms with E-state index in [-0.39, 0.29) is 5.82 Å². The molecule has 0 radical (unpaired) electrons. The van der Waals surface area contributed by atoms with Gasteiger partial charge < -0.3 is 29.9 Å². The van der Waals surface area contributed by atoms with Gasteiger partial charge in [0.2, 0.25) is 5.95 Å². The highest BCUT2D eigenvalue weighted by atomic mass is 79.9. The number of nitrogens with zero attached hydrogens (tertiary/aromatic N) is 4. The first kappa shape index (κ1) is 26.1. The summed E-state index contributed by atoms with van der Waals surface area (Å²) in [7, 11) is 0. The van der Waals surface area contributed by atoms with Crippen molar-refractivity contribution < 1.29 is 13.9 Å². The molecule has 2 fully saturated rings. The number of morpholine rings is 2. The number of hydrogen-bond acceptors (Lipinski definition) is 8. The SMILES string of the molecule is CC.Fc1cc(Nc2ncc(Br)c(Nc3ccc(N4CCOCC4)cc3)n2)ccc1N1CCOCC1. The molecule has 0 saturated carbocycles. The summed E-state index contributed by atoms with van der Waals surface area (Å²) >= 11 is 3.50. The third-order valence-electron chi connectivity index (χ3n) is 5.81. The first-order valence-electron chi connectivity index (χ1n) is 12.3. The van der Waals surface area contributed by atoms with Crippen LogP contribution in [0.5, 0.6) is 0 Å². The summed E-state index contributed by atoms with van der Waals surface area (Å²) in [5.41, 5.74) is 3.23. The Labute approximate surface area is 220 Å². The topological polar surface area (TPSA) is 74.8 Å². The van der Waals surface area contributed by atoms with Gasteiger partial charge in [-0.2, -0.15) is 4.98 Å². The third kappa shape index (κ3) is 6.63. The molecule has 3 heterocycles. The standard InChI is InChI=1S/C24H26BrFN6O2.C2H6/c25-20-16-27-24(29-18-3-6-22(21(26)15-18)32-9-13-34-14-10-32)30-23(20)28-17-1-4-19(5-2-17)31-7-11-33-12-8-31;1-2/h1-6,15-16H,7-14H2,(H2,27,28,29,30);1-2H3. The monoisotopic (exact) mass is 558 g/mol. The van der Waals surface area contributed by atoms with Crippen LogP contribution in [0.2, 0.25) is 0 Å². The Balaban J connectivity index is 0.00000148. The predicted octanol–water partition coefficient (Wildman–Crippen LogP) is 5.56. The molecule has 3 aromatic rings. The van der Waals surface area contributed by atoms with Crippen molar-refractivity contribution in [3.8, 4) is 0 Å². The second-order valence-electron chi connectivity index (χ2n) is 8.05. The maximum Gasteiger partial charge on any atom is 0.229 e. The van der Waals surface area contributed by atoms with Gasteiger partial charge in [-0.15, -0.1) is 0 Å². The number of ether oxygens (including phenoxy) is 2. The van der Waals surface area contributed by atoms with E-state index in [0.717, 1.165) is 36.5 Å². The summed E-state index contributed by atoms with van der Waals surface area (Å²) < 4.78 is 26.2. The summed E-state index contributed by atoms with van der Waals surface area (Å²) in [5, 5.41) is 6.41. The van der Waals surface area contributed by atoms with E-state index in [1.165, 1.54) is 11.8 Å². The van der Waals surface area contributed by atoms with Crippen molar-refractivity contribution in [1.29, 1.82) is 0 Å². The number of rotatable bonds is 6. The number of anilines is 6. The molecule has 36 heavy (non-hydrogen) atoms.